The lowest BCUT2D eigenvalue weighted by atomic mass is 10.1. The number of benzene rings is 1. The molecule has 1 fully saturated rings. The highest BCUT2D eigenvalue weighted by atomic mass is 32.2. The molecule has 7 heteroatoms. The van der Waals surface area contributed by atoms with Crippen molar-refractivity contribution in [1.29, 1.82) is 0 Å². The number of aromatic nitrogens is 2. The molecule has 0 saturated carbocycles. The molecule has 0 atom stereocenters. The first-order valence-corrected chi connectivity index (χ1v) is 9.29. The van der Waals surface area contributed by atoms with Crippen molar-refractivity contribution in [3.05, 3.63) is 41.9 Å². The molecule has 1 aromatic carbocycles. The normalized spacial score (nSPS) is 16.5. The molecule has 0 spiro atoms. The van der Waals surface area contributed by atoms with Crippen molar-refractivity contribution >= 4 is 27.2 Å². The van der Waals surface area contributed by atoms with Gasteiger partial charge in [0.1, 0.15) is 12.1 Å². The molecule has 1 saturated heterocycles. The van der Waals surface area contributed by atoms with Crippen LogP contribution >= 0.6 is 0 Å². The Morgan fingerprint density at radius 3 is 2.78 bits per heavy atom. The van der Waals surface area contributed by atoms with Crippen molar-refractivity contribution in [2.75, 3.05) is 21.9 Å². The average molecular weight is 332 g/mol. The summed E-state index contributed by atoms with van der Waals surface area (Å²) in [5.41, 5.74) is 3.45. The van der Waals surface area contributed by atoms with Crippen LogP contribution in [0.2, 0.25) is 0 Å². The van der Waals surface area contributed by atoms with E-state index in [0.29, 0.717) is 18.8 Å². The maximum Gasteiger partial charge on any atom is 0.235 e. The molecule has 2 heterocycles. The summed E-state index contributed by atoms with van der Waals surface area (Å²) in [4.78, 5) is 8.38. The van der Waals surface area contributed by atoms with Crippen molar-refractivity contribution < 1.29 is 8.42 Å². The van der Waals surface area contributed by atoms with Crippen LogP contribution in [0, 0.1) is 6.92 Å². The zero-order valence-electron chi connectivity index (χ0n) is 13.3. The minimum absolute atomic E-state index is 0.218. The van der Waals surface area contributed by atoms with E-state index < -0.39 is 10.0 Å². The summed E-state index contributed by atoms with van der Waals surface area (Å²) in [5, 5.41) is 3.22. The molecule has 1 aliphatic rings. The number of anilines is 3. The molecule has 6 nitrogen and oxygen atoms in total. The fourth-order valence-electron chi connectivity index (χ4n) is 2.67. The number of sulfonamides is 1. The predicted molar refractivity (Wildman–Crippen MR) is 91.6 cm³/mol. The SMILES string of the molecule is CCc1cc(Nc2ccc(C)c(N3CCCS3(=O)=O)c2)ncn1. The number of nitrogens with one attached hydrogen (secondary N) is 1. The van der Waals surface area contributed by atoms with Gasteiger partial charge in [0.15, 0.2) is 0 Å². The minimum Gasteiger partial charge on any atom is -0.340 e. The number of aryl methyl sites for hydroxylation is 2. The molecule has 1 N–H and O–H groups in total. The Labute approximate surface area is 136 Å². The van der Waals surface area contributed by atoms with E-state index in [-0.39, 0.29) is 5.75 Å². The van der Waals surface area contributed by atoms with Gasteiger partial charge in [-0.15, -0.1) is 0 Å². The van der Waals surface area contributed by atoms with Crippen LogP contribution in [0.25, 0.3) is 0 Å². The van der Waals surface area contributed by atoms with Gasteiger partial charge in [-0.3, -0.25) is 4.31 Å². The van der Waals surface area contributed by atoms with Crippen LogP contribution in [0.15, 0.2) is 30.6 Å². The Hall–Kier alpha value is -2.15. The van der Waals surface area contributed by atoms with E-state index in [1.807, 2.05) is 38.1 Å². The molecule has 0 radical (unpaired) electrons. The smallest absolute Gasteiger partial charge is 0.235 e. The summed E-state index contributed by atoms with van der Waals surface area (Å²) >= 11 is 0. The zero-order valence-corrected chi connectivity index (χ0v) is 14.1. The van der Waals surface area contributed by atoms with Crippen molar-refractivity contribution in [2.45, 2.75) is 26.7 Å². The first-order valence-electron chi connectivity index (χ1n) is 7.68. The quantitative estimate of drug-likeness (QED) is 0.931. The van der Waals surface area contributed by atoms with Gasteiger partial charge >= 0.3 is 0 Å². The fourth-order valence-corrected chi connectivity index (χ4v) is 4.29. The number of nitrogens with zero attached hydrogens (tertiary/aromatic N) is 3. The molecule has 1 aliphatic heterocycles. The third kappa shape index (κ3) is 3.29. The van der Waals surface area contributed by atoms with Gasteiger partial charge in [-0.05, 0) is 37.5 Å². The lowest BCUT2D eigenvalue weighted by Gasteiger charge is -2.20. The number of rotatable bonds is 4. The second kappa shape index (κ2) is 6.16. The summed E-state index contributed by atoms with van der Waals surface area (Å²) in [6, 6.07) is 7.61. The third-order valence-electron chi connectivity index (χ3n) is 3.94. The monoisotopic (exact) mass is 332 g/mol. The highest BCUT2D eigenvalue weighted by molar-refractivity contribution is 7.93. The van der Waals surface area contributed by atoms with Crippen LogP contribution in [-0.2, 0) is 16.4 Å². The van der Waals surface area contributed by atoms with Gasteiger partial charge in [0.2, 0.25) is 10.0 Å². The highest BCUT2D eigenvalue weighted by Crippen LogP contribution is 2.30. The van der Waals surface area contributed by atoms with Gasteiger partial charge in [-0.25, -0.2) is 18.4 Å². The number of hydrogen-bond donors (Lipinski definition) is 1. The van der Waals surface area contributed by atoms with E-state index in [4.69, 9.17) is 0 Å². The second-order valence-electron chi connectivity index (χ2n) is 5.62. The maximum absolute atomic E-state index is 12.2. The van der Waals surface area contributed by atoms with E-state index in [9.17, 15) is 8.42 Å². The molecule has 0 aliphatic carbocycles. The van der Waals surface area contributed by atoms with E-state index in [0.717, 1.165) is 29.1 Å². The standard InChI is InChI=1S/C16H20N4O2S/c1-3-13-10-16(18-11-17-13)19-14-6-5-12(2)15(9-14)20-7-4-8-23(20,21)22/h5-6,9-11H,3-4,7-8H2,1-2H3,(H,17,18,19). The van der Waals surface area contributed by atoms with Crippen molar-refractivity contribution in [3.63, 3.8) is 0 Å². The summed E-state index contributed by atoms with van der Waals surface area (Å²) in [7, 11) is -3.18. The Kier molecular flexibility index (Phi) is 4.21. The minimum atomic E-state index is -3.18. The first-order chi connectivity index (χ1) is 11.0. The van der Waals surface area contributed by atoms with Crippen LogP contribution in [0.4, 0.5) is 17.2 Å². The molecule has 0 bridgehead atoms. The van der Waals surface area contributed by atoms with Crippen molar-refractivity contribution in [1.82, 2.24) is 9.97 Å². The Balaban J connectivity index is 1.91. The van der Waals surface area contributed by atoms with Gasteiger partial charge in [-0.1, -0.05) is 13.0 Å². The van der Waals surface area contributed by atoms with Crippen LogP contribution in [0.5, 0.6) is 0 Å². The maximum atomic E-state index is 12.2. The molecule has 23 heavy (non-hydrogen) atoms. The fraction of sp³-hybridized carbons (Fsp3) is 0.375. The van der Waals surface area contributed by atoms with E-state index in [1.54, 1.807) is 0 Å². The lowest BCUT2D eigenvalue weighted by molar-refractivity contribution is 0.599. The van der Waals surface area contributed by atoms with Crippen LogP contribution in [0.3, 0.4) is 0 Å². The number of hydrogen-bond acceptors (Lipinski definition) is 5. The van der Waals surface area contributed by atoms with Crippen LogP contribution < -0.4 is 9.62 Å². The molecule has 2 aromatic rings. The highest BCUT2D eigenvalue weighted by Gasteiger charge is 2.29. The summed E-state index contributed by atoms with van der Waals surface area (Å²) in [6.07, 6.45) is 3.04. The Morgan fingerprint density at radius 2 is 2.09 bits per heavy atom. The molecule has 1 aromatic heterocycles. The van der Waals surface area contributed by atoms with Gasteiger partial charge in [0.25, 0.3) is 0 Å². The topological polar surface area (TPSA) is 75.2 Å². The Morgan fingerprint density at radius 1 is 1.26 bits per heavy atom. The van der Waals surface area contributed by atoms with Crippen LogP contribution in [-0.4, -0.2) is 30.7 Å². The van der Waals surface area contributed by atoms with Gasteiger partial charge in [0, 0.05) is 24.0 Å². The predicted octanol–water partition coefficient (Wildman–Crippen LogP) is 2.63. The van der Waals surface area contributed by atoms with Gasteiger partial charge < -0.3 is 5.32 Å². The molecule has 122 valence electrons. The van der Waals surface area contributed by atoms with E-state index >= 15 is 0 Å². The molecular formula is C16H20N4O2S. The van der Waals surface area contributed by atoms with Crippen molar-refractivity contribution in [2.24, 2.45) is 0 Å². The van der Waals surface area contributed by atoms with E-state index in [2.05, 4.69) is 15.3 Å². The van der Waals surface area contributed by atoms with Gasteiger partial charge in [0.05, 0.1) is 11.4 Å². The van der Waals surface area contributed by atoms with Crippen molar-refractivity contribution in [3.8, 4) is 0 Å². The second-order valence-corrected chi connectivity index (χ2v) is 7.63. The molecule has 0 unspecified atom stereocenters. The Bertz CT molecular complexity index is 821. The molecule has 3 rings (SSSR count). The summed E-state index contributed by atoms with van der Waals surface area (Å²) in [6.45, 7) is 4.50. The summed E-state index contributed by atoms with van der Waals surface area (Å²) in [5.74, 6) is 0.923. The molecule has 0 amide bonds. The lowest BCUT2D eigenvalue weighted by Crippen LogP contribution is -2.25. The first kappa shape index (κ1) is 15.7. The van der Waals surface area contributed by atoms with Crippen LogP contribution in [0.1, 0.15) is 24.6 Å². The van der Waals surface area contributed by atoms with Gasteiger partial charge in [-0.2, -0.15) is 0 Å². The molecular weight excluding hydrogens is 312 g/mol. The largest absolute Gasteiger partial charge is 0.340 e. The zero-order chi connectivity index (χ0) is 16.4. The third-order valence-corrected chi connectivity index (χ3v) is 5.79. The average Bonchev–Trinajstić information content (AvgIpc) is 2.88. The summed E-state index contributed by atoms with van der Waals surface area (Å²) < 4.78 is 25.8. The van der Waals surface area contributed by atoms with E-state index in [1.165, 1.54) is 10.6 Å².